The Morgan fingerprint density at radius 2 is 1.87 bits per heavy atom. The highest BCUT2D eigenvalue weighted by Crippen LogP contribution is 2.34. The van der Waals surface area contributed by atoms with E-state index in [9.17, 15) is 14.9 Å². The molecule has 0 aliphatic carbocycles. The smallest absolute Gasteiger partial charge is 0.293 e. The van der Waals surface area contributed by atoms with Crippen molar-refractivity contribution in [1.29, 1.82) is 0 Å². The lowest BCUT2D eigenvalue weighted by molar-refractivity contribution is -0.384. The Kier molecular flexibility index (Phi) is 5.74. The van der Waals surface area contributed by atoms with Crippen LogP contribution in [0.4, 0.5) is 11.4 Å². The number of hydrogen-bond acceptors (Lipinski definition) is 6. The summed E-state index contributed by atoms with van der Waals surface area (Å²) in [6.07, 6.45) is 3.19. The standard InChI is InChI=1S/C22H25N3O5/c1-2-23(14-16-6-9-20-21(12-16)30-15-29-20)22(26)17-7-8-18(19(13-17)25(27)28)24-10-4-3-5-11-24/h6-9,12-13H,2-5,10-11,14-15H2,1H3. The van der Waals surface area contributed by atoms with E-state index in [4.69, 9.17) is 9.47 Å². The number of rotatable bonds is 6. The molecule has 0 spiro atoms. The van der Waals surface area contributed by atoms with Gasteiger partial charge in [0.25, 0.3) is 11.6 Å². The molecule has 0 atom stereocenters. The Hall–Kier alpha value is -3.29. The first kappa shape index (κ1) is 20.0. The summed E-state index contributed by atoms with van der Waals surface area (Å²) in [6, 6.07) is 10.4. The maximum Gasteiger partial charge on any atom is 0.293 e. The van der Waals surface area contributed by atoms with Gasteiger partial charge < -0.3 is 19.3 Å². The van der Waals surface area contributed by atoms with Crippen molar-refractivity contribution >= 4 is 17.3 Å². The molecule has 0 saturated carbocycles. The molecule has 8 heteroatoms. The van der Waals surface area contributed by atoms with Crippen molar-refractivity contribution in [3.05, 3.63) is 57.6 Å². The molecule has 158 valence electrons. The second-order valence-corrected chi connectivity index (χ2v) is 7.52. The van der Waals surface area contributed by atoms with Crippen molar-refractivity contribution in [3.8, 4) is 11.5 Å². The average Bonchev–Trinajstić information content (AvgIpc) is 3.25. The van der Waals surface area contributed by atoms with Gasteiger partial charge in [0.1, 0.15) is 5.69 Å². The summed E-state index contributed by atoms with van der Waals surface area (Å²) in [5, 5.41) is 11.7. The predicted molar refractivity (Wildman–Crippen MR) is 112 cm³/mol. The fourth-order valence-electron chi connectivity index (χ4n) is 3.97. The number of anilines is 1. The largest absolute Gasteiger partial charge is 0.454 e. The molecule has 2 aromatic rings. The molecule has 0 radical (unpaired) electrons. The summed E-state index contributed by atoms with van der Waals surface area (Å²) in [7, 11) is 0. The quantitative estimate of drug-likeness (QED) is 0.528. The molecule has 0 unspecified atom stereocenters. The maximum atomic E-state index is 13.1. The van der Waals surface area contributed by atoms with Crippen molar-refractivity contribution in [2.75, 3.05) is 31.3 Å². The number of nitro benzene ring substituents is 1. The number of carbonyl (C=O) groups excluding carboxylic acids is 1. The molecule has 0 N–H and O–H groups in total. The summed E-state index contributed by atoms with van der Waals surface area (Å²) in [4.78, 5) is 28.1. The van der Waals surface area contributed by atoms with Crippen molar-refractivity contribution in [1.82, 2.24) is 4.90 Å². The minimum absolute atomic E-state index is 0.0121. The third-order valence-corrected chi connectivity index (χ3v) is 5.60. The Morgan fingerprint density at radius 3 is 2.60 bits per heavy atom. The minimum Gasteiger partial charge on any atom is -0.454 e. The number of piperidine rings is 1. The molecule has 8 nitrogen and oxygen atoms in total. The van der Waals surface area contributed by atoms with E-state index in [1.165, 1.54) is 6.07 Å². The zero-order chi connectivity index (χ0) is 21.1. The lowest BCUT2D eigenvalue weighted by Gasteiger charge is -2.28. The molecule has 2 heterocycles. The SMILES string of the molecule is CCN(Cc1ccc2c(c1)OCO2)C(=O)c1ccc(N2CCCCC2)c([N+](=O)[O-])c1. The van der Waals surface area contributed by atoms with Gasteiger partial charge in [-0.05, 0) is 56.0 Å². The van der Waals surface area contributed by atoms with Crippen LogP contribution in [0.1, 0.15) is 42.1 Å². The first-order valence-electron chi connectivity index (χ1n) is 10.3. The predicted octanol–water partition coefficient (Wildman–Crippen LogP) is 3.98. The Balaban J connectivity index is 1.56. The van der Waals surface area contributed by atoms with E-state index in [1.807, 2.05) is 30.0 Å². The monoisotopic (exact) mass is 411 g/mol. The first-order chi connectivity index (χ1) is 14.6. The van der Waals surface area contributed by atoms with Gasteiger partial charge in [-0.15, -0.1) is 0 Å². The molecule has 1 fully saturated rings. The van der Waals surface area contributed by atoms with Gasteiger partial charge in [0, 0.05) is 37.8 Å². The number of hydrogen-bond donors (Lipinski definition) is 0. The van der Waals surface area contributed by atoms with Crippen LogP contribution in [0.15, 0.2) is 36.4 Å². The van der Waals surface area contributed by atoms with E-state index >= 15 is 0 Å². The topological polar surface area (TPSA) is 85.2 Å². The Morgan fingerprint density at radius 1 is 1.10 bits per heavy atom. The summed E-state index contributed by atoms with van der Waals surface area (Å²) in [5.41, 5.74) is 1.82. The lowest BCUT2D eigenvalue weighted by atomic mass is 10.1. The van der Waals surface area contributed by atoms with Gasteiger partial charge in [-0.25, -0.2) is 0 Å². The molecule has 4 rings (SSSR count). The molecule has 1 amide bonds. The minimum atomic E-state index is -0.394. The van der Waals surface area contributed by atoms with E-state index in [0.717, 1.165) is 37.9 Å². The van der Waals surface area contributed by atoms with Crippen molar-refractivity contribution in [3.63, 3.8) is 0 Å². The number of fused-ring (bicyclic) bond motifs is 1. The summed E-state index contributed by atoms with van der Waals surface area (Å²) < 4.78 is 10.7. The van der Waals surface area contributed by atoms with E-state index in [-0.39, 0.29) is 18.4 Å². The molecule has 0 aromatic heterocycles. The lowest BCUT2D eigenvalue weighted by Crippen LogP contribution is -2.31. The van der Waals surface area contributed by atoms with Crippen molar-refractivity contribution in [2.24, 2.45) is 0 Å². The summed E-state index contributed by atoms with van der Waals surface area (Å²) in [6.45, 7) is 4.56. The maximum absolute atomic E-state index is 13.1. The first-order valence-corrected chi connectivity index (χ1v) is 10.3. The van der Waals surface area contributed by atoms with Crippen LogP contribution in [-0.2, 0) is 6.54 Å². The molecule has 30 heavy (non-hydrogen) atoms. The number of nitrogens with zero attached hydrogens (tertiary/aromatic N) is 3. The van der Waals surface area contributed by atoms with Crippen LogP contribution in [0.25, 0.3) is 0 Å². The highest BCUT2D eigenvalue weighted by molar-refractivity contribution is 5.95. The van der Waals surface area contributed by atoms with E-state index in [2.05, 4.69) is 0 Å². The number of amides is 1. The van der Waals surface area contributed by atoms with Crippen LogP contribution in [0, 0.1) is 10.1 Å². The molecule has 1 saturated heterocycles. The second-order valence-electron chi connectivity index (χ2n) is 7.52. The van der Waals surface area contributed by atoms with Gasteiger partial charge in [-0.1, -0.05) is 6.07 Å². The third kappa shape index (κ3) is 4.03. The van der Waals surface area contributed by atoms with Gasteiger partial charge in [0.2, 0.25) is 6.79 Å². The van der Waals surface area contributed by atoms with E-state index in [0.29, 0.717) is 35.8 Å². The fraction of sp³-hybridized carbons (Fsp3) is 0.409. The number of nitro groups is 1. The zero-order valence-corrected chi connectivity index (χ0v) is 17.0. The molecule has 2 aromatic carbocycles. The highest BCUT2D eigenvalue weighted by atomic mass is 16.7. The molecular weight excluding hydrogens is 386 g/mol. The zero-order valence-electron chi connectivity index (χ0n) is 17.0. The van der Waals surface area contributed by atoms with Crippen LogP contribution in [0.3, 0.4) is 0 Å². The summed E-state index contributed by atoms with van der Waals surface area (Å²) in [5.74, 6) is 1.12. The number of carbonyl (C=O) groups is 1. The number of benzene rings is 2. The second kappa shape index (κ2) is 8.61. The Bertz CT molecular complexity index is 956. The van der Waals surface area contributed by atoms with Gasteiger partial charge in [0.15, 0.2) is 11.5 Å². The van der Waals surface area contributed by atoms with Gasteiger partial charge in [-0.2, -0.15) is 0 Å². The number of ether oxygens (including phenoxy) is 2. The highest BCUT2D eigenvalue weighted by Gasteiger charge is 2.25. The van der Waals surface area contributed by atoms with Gasteiger partial charge in [-0.3, -0.25) is 14.9 Å². The summed E-state index contributed by atoms with van der Waals surface area (Å²) >= 11 is 0. The van der Waals surface area contributed by atoms with Crippen LogP contribution in [-0.4, -0.2) is 42.2 Å². The Labute approximate surface area is 175 Å². The van der Waals surface area contributed by atoms with Crippen LogP contribution < -0.4 is 14.4 Å². The van der Waals surface area contributed by atoms with Crippen LogP contribution in [0.2, 0.25) is 0 Å². The third-order valence-electron chi connectivity index (χ3n) is 5.60. The van der Waals surface area contributed by atoms with Crippen LogP contribution in [0.5, 0.6) is 11.5 Å². The normalized spacial score (nSPS) is 15.2. The fourth-order valence-corrected chi connectivity index (χ4v) is 3.97. The van der Waals surface area contributed by atoms with Gasteiger partial charge >= 0.3 is 0 Å². The average molecular weight is 411 g/mol. The van der Waals surface area contributed by atoms with Gasteiger partial charge in [0.05, 0.1) is 4.92 Å². The molecular formula is C22H25N3O5. The van der Waals surface area contributed by atoms with E-state index < -0.39 is 4.92 Å². The molecule has 0 bridgehead atoms. The van der Waals surface area contributed by atoms with Crippen molar-refractivity contribution < 1.29 is 19.2 Å². The van der Waals surface area contributed by atoms with Crippen molar-refractivity contribution in [2.45, 2.75) is 32.7 Å². The molecule has 2 aliphatic heterocycles. The molecule has 2 aliphatic rings. The van der Waals surface area contributed by atoms with Crippen LogP contribution >= 0.6 is 0 Å². The van der Waals surface area contributed by atoms with E-state index in [1.54, 1.807) is 17.0 Å².